The maximum Gasteiger partial charge on any atom is 0.257 e. The van der Waals surface area contributed by atoms with E-state index in [-0.39, 0.29) is 23.7 Å². The van der Waals surface area contributed by atoms with Crippen molar-refractivity contribution in [2.45, 2.75) is 19.4 Å². The number of aryl methyl sites for hydroxylation is 1. The summed E-state index contributed by atoms with van der Waals surface area (Å²) in [5.41, 5.74) is 8.18. The highest BCUT2D eigenvalue weighted by molar-refractivity contribution is 9.11. The molecule has 23 heavy (non-hydrogen) atoms. The lowest BCUT2D eigenvalue weighted by atomic mass is 9.92. The number of hydrogen-bond acceptors (Lipinski definition) is 4. The Kier molecular flexibility index (Phi) is 4.14. The second kappa shape index (κ2) is 5.83. The molecule has 120 valence electrons. The normalized spacial score (nSPS) is 17.3. The monoisotopic (exact) mass is 442 g/mol. The summed E-state index contributed by atoms with van der Waals surface area (Å²) >= 11 is 6.77. The first-order chi connectivity index (χ1) is 10.8. The predicted molar refractivity (Wildman–Crippen MR) is 91.5 cm³/mol. The Hall–Kier alpha value is -1.54. The van der Waals surface area contributed by atoms with Crippen molar-refractivity contribution < 1.29 is 9.18 Å². The first-order valence-electron chi connectivity index (χ1n) is 6.84. The number of carbonyl (C=O) groups is 1. The number of amides is 1. The van der Waals surface area contributed by atoms with Crippen molar-refractivity contribution >= 4 is 43.7 Å². The van der Waals surface area contributed by atoms with Crippen LogP contribution in [-0.2, 0) is 6.42 Å². The third kappa shape index (κ3) is 2.74. The lowest BCUT2D eigenvalue weighted by Crippen LogP contribution is -2.39. The highest BCUT2D eigenvalue weighted by Crippen LogP contribution is 2.39. The zero-order valence-corrected chi connectivity index (χ0v) is 15.6. The predicted octanol–water partition coefficient (Wildman–Crippen LogP) is 3.40. The van der Waals surface area contributed by atoms with E-state index in [0.717, 1.165) is 5.56 Å². The van der Waals surface area contributed by atoms with Crippen LogP contribution in [0.5, 0.6) is 0 Å². The van der Waals surface area contributed by atoms with Gasteiger partial charge in [-0.15, -0.1) is 0 Å². The molecule has 0 spiro atoms. The van der Waals surface area contributed by atoms with Crippen molar-refractivity contribution in [2.24, 2.45) is 0 Å². The van der Waals surface area contributed by atoms with Crippen molar-refractivity contribution in [3.05, 3.63) is 49.4 Å². The second-order valence-electron chi connectivity index (χ2n) is 5.41. The summed E-state index contributed by atoms with van der Waals surface area (Å²) in [5, 5.41) is 0. The number of aromatic nitrogens is 2. The number of carbonyl (C=O) groups excluding carboxylic acids is 1. The number of fused-ring (bicyclic) bond motifs is 1. The van der Waals surface area contributed by atoms with Crippen molar-refractivity contribution in [1.82, 2.24) is 14.9 Å². The Labute approximate surface area is 149 Å². The Morgan fingerprint density at radius 1 is 1.30 bits per heavy atom. The molecule has 1 aromatic carbocycles. The summed E-state index contributed by atoms with van der Waals surface area (Å²) in [5.74, 6) is -0.383. The van der Waals surface area contributed by atoms with Gasteiger partial charge >= 0.3 is 0 Å². The molecule has 3 rings (SSSR count). The van der Waals surface area contributed by atoms with Gasteiger partial charge < -0.3 is 10.6 Å². The molecule has 1 aliphatic heterocycles. The quantitative estimate of drug-likeness (QED) is 0.733. The average molecular weight is 444 g/mol. The van der Waals surface area contributed by atoms with Gasteiger partial charge in [-0.05, 0) is 19.1 Å². The zero-order valence-electron chi connectivity index (χ0n) is 12.4. The molecule has 0 saturated heterocycles. The Morgan fingerprint density at radius 3 is 2.52 bits per heavy atom. The fourth-order valence-corrected chi connectivity index (χ4v) is 4.55. The highest BCUT2D eigenvalue weighted by Gasteiger charge is 2.35. The molecule has 0 bridgehead atoms. The van der Waals surface area contributed by atoms with Crippen LogP contribution in [0, 0.1) is 12.7 Å². The summed E-state index contributed by atoms with van der Waals surface area (Å²) in [6.07, 6.45) is 0.480. The summed E-state index contributed by atoms with van der Waals surface area (Å²) in [6.45, 7) is 1.74. The number of nitrogens with zero attached hydrogens (tertiary/aromatic N) is 3. The van der Waals surface area contributed by atoms with E-state index in [1.165, 1.54) is 12.1 Å². The van der Waals surface area contributed by atoms with Crippen molar-refractivity contribution in [1.29, 1.82) is 0 Å². The molecule has 1 atom stereocenters. The first-order valence-corrected chi connectivity index (χ1v) is 8.42. The summed E-state index contributed by atoms with van der Waals surface area (Å²) < 4.78 is 14.7. The van der Waals surface area contributed by atoms with Gasteiger partial charge in [-0.3, -0.25) is 4.79 Å². The third-order valence-electron chi connectivity index (χ3n) is 3.95. The molecule has 1 aromatic heterocycles. The van der Waals surface area contributed by atoms with Crippen LogP contribution >= 0.6 is 31.9 Å². The molecule has 2 heterocycles. The van der Waals surface area contributed by atoms with Crippen LogP contribution in [0.15, 0.2) is 21.1 Å². The van der Waals surface area contributed by atoms with E-state index in [1.807, 2.05) is 0 Å². The molecule has 0 aliphatic carbocycles. The van der Waals surface area contributed by atoms with Crippen LogP contribution < -0.4 is 5.73 Å². The van der Waals surface area contributed by atoms with Gasteiger partial charge in [-0.1, -0.05) is 31.9 Å². The van der Waals surface area contributed by atoms with Crippen molar-refractivity contribution in [2.75, 3.05) is 12.8 Å². The van der Waals surface area contributed by atoms with Gasteiger partial charge in [0.15, 0.2) is 0 Å². The summed E-state index contributed by atoms with van der Waals surface area (Å²) in [4.78, 5) is 22.6. The fraction of sp³-hybridized carbons (Fsp3) is 0.267. The van der Waals surface area contributed by atoms with Crippen LogP contribution in [0.3, 0.4) is 0 Å². The number of nitrogens with two attached hydrogens (primary N) is 1. The average Bonchev–Trinajstić information content (AvgIpc) is 2.42. The van der Waals surface area contributed by atoms with Gasteiger partial charge in [-0.25, -0.2) is 14.4 Å². The van der Waals surface area contributed by atoms with Crippen LogP contribution in [0.4, 0.5) is 10.3 Å². The number of hydrogen-bond donors (Lipinski definition) is 1. The fourth-order valence-electron chi connectivity index (χ4n) is 2.89. The molecule has 1 aliphatic rings. The molecule has 1 unspecified atom stereocenters. The van der Waals surface area contributed by atoms with Crippen LogP contribution in [0.25, 0.3) is 0 Å². The van der Waals surface area contributed by atoms with E-state index in [1.54, 1.807) is 18.9 Å². The first kappa shape index (κ1) is 16.3. The molecule has 2 aromatic rings. The minimum Gasteiger partial charge on any atom is -0.368 e. The van der Waals surface area contributed by atoms with Crippen LogP contribution in [0.1, 0.15) is 33.4 Å². The van der Waals surface area contributed by atoms with Crippen molar-refractivity contribution in [3.63, 3.8) is 0 Å². The maximum atomic E-state index is 13.5. The maximum absolute atomic E-state index is 13.5. The van der Waals surface area contributed by atoms with Gasteiger partial charge in [0.1, 0.15) is 5.82 Å². The van der Waals surface area contributed by atoms with Crippen molar-refractivity contribution in [3.8, 4) is 0 Å². The second-order valence-corrected chi connectivity index (χ2v) is 7.12. The van der Waals surface area contributed by atoms with E-state index in [2.05, 4.69) is 41.8 Å². The van der Waals surface area contributed by atoms with Gasteiger partial charge in [0.2, 0.25) is 5.95 Å². The van der Waals surface area contributed by atoms with Gasteiger partial charge in [0.25, 0.3) is 5.91 Å². The Bertz CT molecular complexity index is 804. The van der Waals surface area contributed by atoms with E-state index in [9.17, 15) is 9.18 Å². The van der Waals surface area contributed by atoms with Crippen LogP contribution in [0.2, 0.25) is 0 Å². The third-order valence-corrected chi connectivity index (χ3v) is 5.26. The number of rotatable bonds is 1. The number of likely N-dealkylation sites (N-methyl/N-ethyl adjacent to an activating group) is 1. The number of nitrogen functional groups attached to an aromatic ring is 1. The van der Waals surface area contributed by atoms with Crippen LogP contribution in [-0.4, -0.2) is 27.8 Å². The number of anilines is 1. The lowest BCUT2D eigenvalue weighted by molar-refractivity contribution is 0.0700. The summed E-state index contributed by atoms with van der Waals surface area (Å²) in [6, 6.07) is 2.48. The smallest absolute Gasteiger partial charge is 0.257 e. The molecule has 0 radical (unpaired) electrons. The topological polar surface area (TPSA) is 72.1 Å². The highest BCUT2D eigenvalue weighted by atomic mass is 79.9. The SMILES string of the molecule is Cc1nc(N)nc2c1C(=O)N(C)C(c1c(Br)cc(F)cc1Br)C2. The molecule has 0 fully saturated rings. The van der Waals surface area contributed by atoms with Gasteiger partial charge in [-0.2, -0.15) is 0 Å². The van der Waals surface area contributed by atoms with E-state index in [4.69, 9.17) is 5.73 Å². The minimum atomic E-state index is -0.361. The molecule has 8 heteroatoms. The van der Waals surface area contributed by atoms with E-state index in [0.29, 0.717) is 32.3 Å². The standard InChI is InChI=1S/C15H13Br2FN4O/c1-6-12-10(21-15(19)20-6)5-11(22(2)14(12)23)13-8(16)3-7(18)4-9(13)17/h3-4,11H,5H2,1-2H3,(H2,19,20,21). The van der Waals surface area contributed by atoms with Gasteiger partial charge in [0.05, 0.1) is 23.0 Å². The molecule has 5 nitrogen and oxygen atoms in total. The Morgan fingerprint density at radius 2 is 1.91 bits per heavy atom. The molecule has 0 saturated carbocycles. The van der Waals surface area contributed by atoms with E-state index >= 15 is 0 Å². The molecule has 1 amide bonds. The number of benzene rings is 1. The molecule has 2 N–H and O–H groups in total. The summed E-state index contributed by atoms with van der Waals surface area (Å²) in [7, 11) is 1.72. The lowest BCUT2D eigenvalue weighted by Gasteiger charge is -2.35. The zero-order chi connectivity index (χ0) is 16.9. The largest absolute Gasteiger partial charge is 0.368 e. The minimum absolute atomic E-state index is 0.148. The number of halogens is 3. The molecular formula is C15H13Br2FN4O. The van der Waals surface area contributed by atoms with Gasteiger partial charge in [0, 0.05) is 28.0 Å². The van der Waals surface area contributed by atoms with E-state index < -0.39 is 0 Å². The molecular weight excluding hydrogens is 431 g/mol. The Balaban J connectivity index is 2.15.